The lowest BCUT2D eigenvalue weighted by atomic mass is 10.1. The van der Waals surface area contributed by atoms with Crippen LogP contribution in [0.15, 0.2) is 54.6 Å². The molecule has 0 aliphatic carbocycles. The first-order chi connectivity index (χ1) is 15.8. The second kappa shape index (κ2) is 13.6. The third-order valence-electron chi connectivity index (χ3n) is 5.51. The Labute approximate surface area is 200 Å². The van der Waals surface area contributed by atoms with Crippen LogP contribution in [0.2, 0.25) is 0 Å². The van der Waals surface area contributed by atoms with Gasteiger partial charge in [-0.3, -0.25) is 19.7 Å². The van der Waals surface area contributed by atoms with E-state index in [0.29, 0.717) is 25.1 Å². The van der Waals surface area contributed by atoms with E-state index in [1.165, 1.54) is 23.9 Å². The molecule has 2 rings (SSSR count). The van der Waals surface area contributed by atoms with E-state index < -0.39 is 11.0 Å². The van der Waals surface area contributed by atoms with Crippen LogP contribution in [0.25, 0.3) is 0 Å². The van der Waals surface area contributed by atoms with Crippen LogP contribution in [0.5, 0.6) is 0 Å². The van der Waals surface area contributed by atoms with Gasteiger partial charge in [-0.2, -0.15) is 0 Å². The zero-order valence-corrected chi connectivity index (χ0v) is 20.3. The topological polar surface area (TPSA) is 92.6 Å². The molecule has 33 heavy (non-hydrogen) atoms. The molecule has 0 aromatic heterocycles. The predicted octanol–water partition coefficient (Wildman–Crippen LogP) is 4.59. The molecular formula is C25H33N3O4S. The maximum absolute atomic E-state index is 13.2. The van der Waals surface area contributed by atoms with E-state index >= 15 is 0 Å². The van der Waals surface area contributed by atoms with Crippen molar-refractivity contribution in [2.75, 3.05) is 12.3 Å². The average molecular weight is 472 g/mol. The van der Waals surface area contributed by atoms with Crippen LogP contribution in [-0.2, 0) is 21.8 Å². The minimum Gasteiger partial charge on any atom is -0.352 e. The number of nitro groups is 1. The van der Waals surface area contributed by atoms with Crippen LogP contribution >= 0.6 is 11.8 Å². The van der Waals surface area contributed by atoms with Gasteiger partial charge in [0, 0.05) is 30.5 Å². The summed E-state index contributed by atoms with van der Waals surface area (Å²) in [7, 11) is 0. The number of benzene rings is 2. The van der Waals surface area contributed by atoms with Gasteiger partial charge in [-0.05, 0) is 37.3 Å². The molecule has 0 bridgehead atoms. The van der Waals surface area contributed by atoms with E-state index in [4.69, 9.17) is 0 Å². The molecule has 0 saturated carbocycles. The van der Waals surface area contributed by atoms with E-state index in [1.807, 2.05) is 51.1 Å². The van der Waals surface area contributed by atoms with Gasteiger partial charge >= 0.3 is 0 Å². The van der Waals surface area contributed by atoms with Crippen LogP contribution in [0.3, 0.4) is 0 Å². The van der Waals surface area contributed by atoms with Crippen LogP contribution in [0, 0.1) is 10.1 Å². The lowest BCUT2D eigenvalue weighted by Crippen LogP contribution is -2.52. The molecule has 2 atom stereocenters. The summed E-state index contributed by atoms with van der Waals surface area (Å²) in [6.45, 7) is 6.36. The standard InChI is InChI=1S/C25H33N3O4S/c1-4-19(3)26-25(30)23(5-2)27(16-15-20-9-7-6-8-10-20)24(29)18-33-17-21-11-13-22(14-12-21)28(31)32/h6-14,19,23H,4-5,15-18H2,1-3H3,(H,26,30)/t19-,23-/m1/s1. The molecule has 7 nitrogen and oxygen atoms in total. The number of amides is 2. The Morgan fingerprint density at radius 3 is 2.27 bits per heavy atom. The molecular weight excluding hydrogens is 438 g/mol. The van der Waals surface area contributed by atoms with E-state index in [2.05, 4.69) is 5.32 Å². The summed E-state index contributed by atoms with van der Waals surface area (Å²) >= 11 is 1.44. The Kier molecular flexibility index (Phi) is 10.9. The predicted molar refractivity (Wildman–Crippen MR) is 133 cm³/mol. The number of nitrogens with zero attached hydrogens (tertiary/aromatic N) is 2. The van der Waals surface area contributed by atoms with Crippen molar-refractivity contribution < 1.29 is 14.5 Å². The monoisotopic (exact) mass is 471 g/mol. The second-order valence-corrected chi connectivity index (χ2v) is 8.97. The molecule has 0 aliphatic rings. The highest BCUT2D eigenvalue weighted by Gasteiger charge is 2.28. The first kappa shape index (κ1) is 26.4. The third-order valence-corrected chi connectivity index (χ3v) is 6.50. The number of non-ortho nitro benzene ring substituents is 1. The Balaban J connectivity index is 2.05. The minimum atomic E-state index is -0.518. The Morgan fingerprint density at radius 1 is 1.03 bits per heavy atom. The van der Waals surface area contributed by atoms with Crippen molar-refractivity contribution in [2.45, 2.75) is 57.9 Å². The van der Waals surface area contributed by atoms with Crippen molar-refractivity contribution >= 4 is 29.3 Å². The van der Waals surface area contributed by atoms with Crippen LogP contribution in [0.1, 0.15) is 44.7 Å². The van der Waals surface area contributed by atoms with Gasteiger partial charge in [0.25, 0.3) is 5.69 Å². The van der Waals surface area contributed by atoms with Gasteiger partial charge in [0.05, 0.1) is 10.7 Å². The minimum absolute atomic E-state index is 0.0463. The first-order valence-corrected chi connectivity index (χ1v) is 12.5. The van der Waals surface area contributed by atoms with Crippen LogP contribution in [0.4, 0.5) is 5.69 Å². The quantitative estimate of drug-likeness (QED) is 0.341. The summed E-state index contributed by atoms with van der Waals surface area (Å²) < 4.78 is 0. The van der Waals surface area contributed by atoms with Gasteiger partial charge < -0.3 is 10.2 Å². The molecule has 2 aromatic carbocycles. The smallest absolute Gasteiger partial charge is 0.269 e. The summed E-state index contributed by atoms with van der Waals surface area (Å²) in [6.07, 6.45) is 2.04. The zero-order chi connectivity index (χ0) is 24.2. The highest BCUT2D eigenvalue weighted by molar-refractivity contribution is 7.99. The summed E-state index contributed by atoms with van der Waals surface area (Å²) in [5, 5.41) is 13.8. The summed E-state index contributed by atoms with van der Waals surface area (Å²) in [6, 6.07) is 15.8. The van der Waals surface area contributed by atoms with Crippen molar-refractivity contribution in [1.82, 2.24) is 10.2 Å². The molecule has 0 saturated heterocycles. The van der Waals surface area contributed by atoms with Gasteiger partial charge in [0.1, 0.15) is 6.04 Å². The van der Waals surface area contributed by atoms with Crippen molar-refractivity contribution in [3.05, 3.63) is 75.8 Å². The molecule has 0 fully saturated rings. The van der Waals surface area contributed by atoms with Crippen molar-refractivity contribution in [3.8, 4) is 0 Å². The fraction of sp³-hybridized carbons (Fsp3) is 0.440. The summed E-state index contributed by atoms with van der Waals surface area (Å²) in [4.78, 5) is 38.2. The Morgan fingerprint density at radius 2 is 1.70 bits per heavy atom. The number of nitro benzene ring substituents is 1. The zero-order valence-electron chi connectivity index (χ0n) is 19.5. The highest BCUT2D eigenvalue weighted by atomic mass is 32.2. The molecule has 2 amide bonds. The second-order valence-electron chi connectivity index (χ2n) is 7.98. The summed E-state index contributed by atoms with van der Waals surface area (Å²) in [5.74, 6) is 0.600. The average Bonchev–Trinajstić information content (AvgIpc) is 2.82. The third kappa shape index (κ3) is 8.53. The molecule has 0 spiro atoms. The number of carbonyl (C=O) groups excluding carboxylic acids is 2. The molecule has 0 heterocycles. The van der Waals surface area contributed by atoms with Gasteiger partial charge in [0.15, 0.2) is 0 Å². The Hall–Kier alpha value is -2.87. The van der Waals surface area contributed by atoms with E-state index in [0.717, 1.165) is 17.5 Å². The van der Waals surface area contributed by atoms with Gasteiger partial charge in [-0.1, -0.05) is 56.3 Å². The molecule has 0 radical (unpaired) electrons. The van der Waals surface area contributed by atoms with Gasteiger partial charge in [-0.25, -0.2) is 0 Å². The molecule has 178 valence electrons. The molecule has 1 N–H and O–H groups in total. The number of hydrogen-bond donors (Lipinski definition) is 1. The van der Waals surface area contributed by atoms with Crippen molar-refractivity contribution in [2.24, 2.45) is 0 Å². The van der Waals surface area contributed by atoms with Crippen LogP contribution in [-0.4, -0.2) is 46.0 Å². The van der Waals surface area contributed by atoms with Crippen molar-refractivity contribution in [1.29, 1.82) is 0 Å². The maximum Gasteiger partial charge on any atom is 0.269 e. The maximum atomic E-state index is 13.2. The Bertz CT molecular complexity index is 906. The fourth-order valence-corrected chi connectivity index (χ4v) is 4.26. The number of nitrogens with one attached hydrogen (secondary N) is 1. The molecule has 8 heteroatoms. The number of rotatable bonds is 13. The highest BCUT2D eigenvalue weighted by Crippen LogP contribution is 2.18. The normalized spacial score (nSPS) is 12.6. The first-order valence-electron chi connectivity index (χ1n) is 11.3. The van der Waals surface area contributed by atoms with Crippen LogP contribution < -0.4 is 5.32 Å². The van der Waals surface area contributed by atoms with E-state index in [1.54, 1.807) is 17.0 Å². The fourth-order valence-electron chi connectivity index (χ4n) is 3.39. The summed E-state index contributed by atoms with van der Waals surface area (Å²) in [5.41, 5.74) is 2.08. The molecule has 0 unspecified atom stereocenters. The molecule has 0 aliphatic heterocycles. The number of thioether (sulfide) groups is 1. The SMILES string of the molecule is CC[C@@H](C)NC(=O)[C@@H](CC)N(CCc1ccccc1)C(=O)CSCc1ccc([N+](=O)[O-])cc1. The lowest BCUT2D eigenvalue weighted by molar-refractivity contribution is -0.384. The van der Waals surface area contributed by atoms with E-state index in [-0.39, 0.29) is 29.3 Å². The number of hydrogen-bond acceptors (Lipinski definition) is 5. The van der Waals surface area contributed by atoms with Gasteiger partial charge in [-0.15, -0.1) is 11.8 Å². The molecule has 2 aromatic rings. The number of carbonyl (C=O) groups is 2. The van der Waals surface area contributed by atoms with Crippen molar-refractivity contribution in [3.63, 3.8) is 0 Å². The lowest BCUT2D eigenvalue weighted by Gasteiger charge is -2.31. The largest absolute Gasteiger partial charge is 0.352 e. The van der Waals surface area contributed by atoms with Gasteiger partial charge in [0.2, 0.25) is 11.8 Å². The van der Waals surface area contributed by atoms with E-state index in [9.17, 15) is 19.7 Å².